The van der Waals surface area contributed by atoms with E-state index in [9.17, 15) is 27.6 Å². The van der Waals surface area contributed by atoms with Crippen LogP contribution in [0.5, 0.6) is 0 Å². The second kappa shape index (κ2) is 10.5. The molecule has 0 aromatic rings. The Morgan fingerprint density at radius 2 is 1.31 bits per heavy atom. The Hall–Kier alpha value is -2.25. The van der Waals surface area contributed by atoms with Crippen molar-refractivity contribution in [3.63, 3.8) is 0 Å². The number of hydrogen-bond donors (Lipinski definition) is 1. The molecular formula is C16H25NO11S. The summed E-state index contributed by atoms with van der Waals surface area (Å²) in [6, 6.07) is 0. The van der Waals surface area contributed by atoms with Crippen LogP contribution in [0.3, 0.4) is 0 Å². The highest BCUT2D eigenvalue weighted by molar-refractivity contribution is 7.89. The first-order valence-corrected chi connectivity index (χ1v) is 10.3. The summed E-state index contributed by atoms with van der Waals surface area (Å²) in [7, 11) is -3.86. The van der Waals surface area contributed by atoms with E-state index in [-0.39, 0.29) is 5.75 Å². The van der Waals surface area contributed by atoms with Crippen molar-refractivity contribution in [2.75, 3.05) is 12.4 Å². The Morgan fingerprint density at radius 1 is 0.828 bits per heavy atom. The van der Waals surface area contributed by atoms with Gasteiger partial charge in [-0.15, -0.1) is 0 Å². The van der Waals surface area contributed by atoms with Gasteiger partial charge in [0.25, 0.3) is 0 Å². The van der Waals surface area contributed by atoms with Gasteiger partial charge in [0.05, 0.1) is 5.75 Å². The number of nitrogens with one attached hydrogen (secondary N) is 1. The molecule has 1 aliphatic rings. The molecule has 0 aromatic carbocycles. The maximum atomic E-state index is 12.0. The third-order valence-corrected chi connectivity index (χ3v) is 5.02. The highest BCUT2D eigenvalue weighted by Crippen LogP contribution is 2.28. The average molecular weight is 439 g/mol. The first-order chi connectivity index (χ1) is 13.4. The lowest BCUT2D eigenvalue weighted by Crippen LogP contribution is -2.66. The molecular weight excluding hydrogens is 414 g/mol. The van der Waals surface area contributed by atoms with Gasteiger partial charge < -0.3 is 23.7 Å². The molecule has 166 valence electrons. The summed E-state index contributed by atoms with van der Waals surface area (Å²) in [6.07, 6.45) is -6.97. The van der Waals surface area contributed by atoms with E-state index in [0.717, 1.165) is 27.7 Å². The SMILES string of the molecule is CCS(=O)(=O)N[C@@H]1O[C@H](COC(C)=O)[C@@H](OC(C)=O)[C@H](OC(C)=O)[C@H]1OC(C)=O. The van der Waals surface area contributed by atoms with Gasteiger partial charge in [0.1, 0.15) is 12.7 Å². The van der Waals surface area contributed by atoms with Crippen LogP contribution in [0, 0.1) is 0 Å². The predicted octanol–water partition coefficient (Wildman–Crippen LogP) is -0.991. The number of rotatable bonds is 8. The highest BCUT2D eigenvalue weighted by Gasteiger charge is 2.52. The van der Waals surface area contributed by atoms with Crippen LogP contribution < -0.4 is 4.72 Å². The average Bonchev–Trinajstić information content (AvgIpc) is 2.57. The molecule has 1 saturated heterocycles. The summed E-state index contributed by atoms with van der Waals surface area (Å²) in [4.78, 5) is 46.0. The zero-order valence-electron chi connectivity index (χ0n) is 16.7. The van der Waals surface area contributed by atoms with Gasteiger partial charge in [-0.05, 0) is 6.92 Å². The zero-order valence-corrected chi connectivity index (χ0v) is 17.5. The monoisotopic (exact) mass is 439 g/mol. The van der Waals surface area contributed by atoms with Gasteiger partial charge in [0.2, 0.25) is 10.0 Å². The third-order valence-electron chi connectivity index (χ3n) is 3.67. The van der Waals surface area contributed by atoms with Crippen molar-refractivity contribution >= 4 is 33.9 Å². The Balaban J connectivity index is 3.39. The molecule has 0 amide bonds. The first-order valence-electron chi connectivity index (χ1n) is 8.66. The minimum absolute atomic E-state index is 0.320. The van der Waals surface area contributed by atoms with E-state index in [1.807, 2.05) is 0 Å². The van der Waals surface area contributed by atoms with E-state index in [0.29, 0.717) is 0 Å². The summed E-state index contributed by atoms with van der Waals surface area (Å²) in [5.74, 6) is -3.41. The Labute approximate surface area is 168 Å². The van der Waals surface area contributed by atoms with Gasteiger partial charge in [0.15, 0.2) is 24.5 Å². The van der Waals surface area contributed by atoms with E-state index in [1.54, 1.807) is 0 Å². The van der Waals surface area contributed by atoms with E-state index >= 15 is 0 Å². The number of carbonyl (C=O) groups excluding carboxylic acids is 4. The molecule has 1 aliphatic heterocycles. The quantitative estimate of drug-likeness (QED) is 0.365. The van der Waals surface area contributed by atoms with Crippen molar-refractivity contribution in [2.24, 2.45) is 0 Å². The normalized spacial score (nSPS) is 26.9. The summed E-state index contributed by atoms with van der Waals surface area (Å²) in [6.45, 7) is 5.27. The molecule has 0 unspecified atom stereocenters. The molecule has 0 bridgehead atoms. The lowest BCUT2D eigenvalue weighted by atomic mass is 9.97. The lowest BCUT2D eigenvalue weighted by molar-refractivity contribution is -0.254. The molecule has 1 N–H and O–H groups in total. The molecule has 0 aromatic heterocycles. The van der Waals surface area contributed by atoms with E-state index in [2.05, 4.69) is 4.72 Å². The van der Waals surface area contributed by atoms with Gasteiger partial charge >= 0.3 is 23.9 Å². The third kappa shape index (κ3) is 7.95. The molecule has 5 atom stereocenters. The van der Waals surface area contributed by atoms with E-state index in [4.69, 9.17) is 23.7 Å². The molecule has 0 radical (unpaired) electrons. The van der Waals surface area contributed by atoms with Crippen LogP contribution in [0.1, 0.15) is 34.6 Å². The number of hydrogen-bond acceptors (Lipinski definition) is 11. The zero-order chi connectivity index (χ0) is 22.4. The minimum Gasteiger partial charge on any atom is -0.463 e. The molecule has 0 aliphatic carbocycles. The van der Waals surface area contributed by atoms with Crippen molar-refractivity contribution in [1.29, 1.82) is 0 Å². The fourth-order valence-electron chi connectivity index (χ4n) is 2.58. The molecule has 1 rings (SSSR count). The van der Waals surface area contributed by atoms with Crippen LogP contribution >= 0.6 is 0 Å². The number of sulfonamides is 1. The number of esters is 4. The smallest absolute Gasteiger partial charge is 0.303 e. The largest absolute Gasteiger partial charge is 0.463 e. The van der Waals surface area contributed by atoms with Gasteiger partial charge in [-0.3, -0.25) is 19.2 Å². The summed E-state index contributed by atoms with van der Waals surface area (Å²) >= 11 is 0. The summed E-state index contributed by atoms with van der Waals surface area (Å²) in [5, 5.41) is 0. The summed E-state index contributed by atoms with van der Waals surface area (Å²) < 4.78 is 52.3. The summed E-state index contributed by atoms with van der Waals surface area (Å²) in [5.41, 5.74) is 0. The molecule has 0 spiro atoms. The van der Waals surface area contributed by atoms with Crippen molar-refractivity contribution in [2.45, 2.75) is 65.3 Å². The Kier molecular flexibility index (Phi) is 8.98. The van der Waals surface area contributed by atoms with Gasteiger partial charge in [-0.25, -0.2) is 8.42 Å². The maximum Gasteiger partial charge on any atom is 0.303 e. The predicted molar refractivity (Wildman–Crippen MR) is 94.6 cm³/mol. The maximum absolute atomic E-state index is 12.0. The van der Waals surface area contributed by atoms with Crippen LogP contribution in [0.25, 0.3) is 0 Å². The fourth-order valence-corrected chi connectivity index (χ4v) is 3.29. The minimum atomic E-state index is -3.86. The van der Waals surface area contributed by atoms with Crippen LogP contribution in [0.15, 0.2) is 0 Å². The molecule has 1 heterocycles. The van der Waals surface area contributed by atoms with Crippen molar-refractivity contribution in [3.05, 3.63) is 0 Å². The van der Waals surface area contributed by atoms with E-state index < -0.39 is 71.2 Å². The number of ether oxygens (including phenoxy) is 5. The van der Waals surface area contributed by atoms with Crippen LogP contribution in [-0.2, 0) is 52.9 Å². The second-order valence-corrected chi connectivity index (χ2v) is 8.18. The number of carbonyl (C=O) groups is 4. The van der Waals surface area contributed by atoms with Gasteiger partial charge in [-0.1, -0.05) is 0 Å². The second-order valence-electron chi connectivity index (χ2n) is 6.14. The van der Waals surface area contributed by atoms with Crippen molar-refractivity contribution in [3.8, 4) is 0 Å². The first kappa shape index (κ1) is 24.8. The van der Waals surface area contributed by atoms with Crippen LogP contribution in [0.4, 0.5) is 0 Å². The molecule has 29 heavy (non-hydrogen) atoms. The molecule has 1 fully saturated rings. The van der Waals surface area contributed by atoms with Crippen molar-refractivity contribution < 1.29 is 51.3 Å². The van der Waals surface area contributed by atoms with Gasteiger partial charge in [0, 0.05) is 27.7 Å². The standard InChI is InChI=1S/C16H25NO11S/c1-6-29(22,23)17-16-15(27-11(5)21)14(26-10(4)20)13(25-9(3)19)12(28-16)7-24-8(2)18/h12-17H,6-7H2,1-5H3/t12-,13-,14+,15-,16-/m1/s1. The highest BCUT2D eigenvalue weighted by atomic mass is 32.2. The van der Waals surface area contributed by atoms with Crippen LogP contribution in [-0.4, -0.2) is 75.3 Å². The Morgan fingerprint density at radius 3 is 1.76 bits per heavy atom. The molecule has 0 saturated carbocycles. The van der Waals surface area contributed by atoms with E-state index in [1.165, 1.54) is 6.92 Å². The van der Waals surface area contributed by atoms with Gasteiger partial charge in [-0.2, -0.15) is 4.72 Å². The van der Waals surface area contributed by atoms with Crippen LogP contribution in [0.2, 0.25) is 0 Å². The lowest BCUT2D eigenvalue weighted by Gasteiger charge is -2.44. The molecule has 12 nitrogen and oxygen atoms in total. The Bertz CT molecular complexity index is 735. The molecule has 13 heteroatoms. The topological polar surface area (TPSA) is 161 Å². The fraction of sp³-hybridized carbons (Fsp3) is 0.750. The van der Waals surface area contributed by atoms with Crippen molar-refractivity contribution in [1.82, 2.24) is 4.72 Å².